The van der Waals surface area contributed by atoms with Crippen molar-refractivity contribution in [3.05, 3.63) is 35.0 Å². The Hall–Kier alpha value is -2.05. The first-order chi connectivity index (χ1) is 11.2. The first-order valence-corrected chi connectivity index (χ1v) is 7.82. The third-order valence-corrected chi connectivity index (χ3v) is 4.11. The van der Waals surface area contributed by atoms with E-state index in [1.54, 1.807) is 19.4 Å². The van der Waals surface area contributed by atoms with Crippen LogP contribution < -0.4 is 15.0 Å². The molecule has 0 bridgehead atoms. The number of nitrogens with zero attached hydrogens (tertiary/aromatic N) is 3. The minimum absolute atomic E-state index is 0.522. The van der Waals surface area contributed by atoms with Crippen molar-refractivity contribution in [1.82, 2.24) is 9.97 Å². The fourth-order valence-corrected chi connectivity index (χ4v) is 2.58. The first kappa shape index (κ1) is 15.8. The van der Waals surface area contributed by atoms with Gasteiger partial charge in [0.05, 0.1) is 26.0 Å². The van der Waals surface area contributed by atoms with E-state index < -0.39 is 0 Å². The van der Waals surface area contributed by atoms with E-state index in [0.717, 1.165) is 43.4 Å². The van der Waals surface area contributed by atoms with Crippen LogP contribution in [0.2, 0.25) is 5.02 Å². The summed E-state index contributed by atoms with van der Waals surface area (Å²) in [6, 6.07) is 5.61. The van der Waals surface area contributed by atoms with Crippen LogP contribution in [0.25, 0.3) is 0 Å². The fraction of sp³-hybridized carbons (Fsp3) is 0.375. The number of aryl methyl sites for hydroxylation is 1. The SMILES string of the molecule is COc1cc(Cl)c(C)cc1Nc1nccc(N2CCOCC2)n1. The molecule has 0 aliphatic carbocycles. The number of hydrogen-bond donors (Lipinski definition) is 1. The molecule has 23 heavy (non-hydrogen) atoms. The third-order valence-electron chi connectivity index (χ3n) is 3.70. The van der Waals surface area contributed by atoms with E-state index in [0.29, 0.717) is 16.7 Å². The van der Waals surface area contributed by atoms with Crippen LogP contribution in [0.5, 0.6) is 5.75 Å². The van der Waals surface area contributed by atoms with Crippen LogP contribution in [0.4, 0.5) is 17.5 Å². The van der Waals surface area contributed by atoms with E-state index >= 15 is 0 Å². The zero-order chi connectivity index (χ0) is 16.2. The lowest BCUT2D eigenvalue weighted by Crippen LogP contribution is -2.36. The summed E-state index contributed by atoms with van der Waals surface area (Å²) >= 11 is 6.14. The highest BCUT2D eigenvalue weighted by molar-refractivity contribution is 6.31. The van der Waals surface area contributed by atoms with Crippen molar-refractivity contribution in [2.24, 2.45) is 0 Å². The molecule has 0 atom stereocenters. The average molecular weight is 335 g/mol. The van der Waals surface area contributed by atoms with Gasteiger partial charge in [-0.25, -0.2) is 4.98 Å². The largest absolute Gasteiger partial charge is 0.495 e. The highest BCUT2D eigenvalue weighted by Crippen LogP contribution is 2.32. The Morgan fingerprint density at radius 3 is 2.83 bits per heavy atom. The molecule has 1 aliphatic heterocycles. The zero-order valence-corrected chi connectivity index (χ0v) is 13.9. The Labute approximate surface area is 140 Å². The number of benzene rings is 1. The molecule has 122 valence electrons. The maximum atomic E-state index is 6.14. The molecule has 2 heterocycles. The molecule has 1 saturated heterocycles. The molecule has 1 aromatic heterocycles. The predicted octanol–water partition coefficient (Wildman–Crippen LogP) is 3.03. The topological polar surface area (TPSA) is 59.5 Å². The molecule has 2 aromatic rings. The van der Waals surface area contributed by atoms with E-state index in [1.165, 1.54) is 0 Å². The molecule has 1 fully saturated rings. The lowest BCUT2D eigenvalue weighted by Gasteiger charge is -2.27. The molecule has 1 aliphatic rings. The van der Waals surface area contributed by atoms with E-state index in [9.17, 15) is 0 Å². The number of methoxy groups -OCH3 is 1. The van der Waals surface area contributed by atoms with Crippen LogP contribution >= 0.6 is 11.6 Å². The highest BCUT2D eigenvalue weighted by atomic mass is 35.5. The maximum Gasteiger partial charge on any atom is 0.229 e. The van der Waals surface area contributed by atoms with Gasteiger partial charge in [0.25, 0.3) is 0 Å². The van der Waals surface area contributed by atoms with Crippen LogP contribution in [0.15, 0.2) is 24.4 Å². The number of nitrogens with one attached hydrogen (secondary N) is 1. The summed E-state index contributed by atoms with van der Waals surface area (Å²) in [6.45, 7) is 5.05. The van der Waals surface area contributed by atoms with Gasteiger partial charge in [0.2, 0.25) is 5.95 Å². The number of rotatable bonds is 4. The summed E-state index contributed by atoms with van der Waals surface area (Å²) in [5.74, 6) is 2.06. The van der Waals surface area contributed by atoms with Crippen LogP contribution in [-0.2, 0) is 4.74 Å². The third kappa shape index (κ3) is 3.65. The van der Waals surface area contributed by atoms with Gasteiger partial charge in [0.1, 0.15) is 11.6 Å². The van der Waals surface area contributed by atoms with Gasteiger partial charge in [0.15, 0.2) is 0 Å². The Kier molecular flexibility index (Phi) is 4.83. The van der Waals surface area contributed by atoms with E-state index in [1.807, 2.05) is 19.1 Å². The molecule has 0 amide bonds. The van der Waals surface area contributed by atoms with Gasteiger partial charge in [-0.1, -0.05) is 11.6 Å². The zero-order valence-electron chi connectivity index (χ0n) is 13.2. The van der Waals surface area contributed by atoms with Crippen molar-refractivity contribution in [2.75, 3.05) is 43.6 Å². The first-order valence-electron chi connectivity index (χ1n) is 7.44. The minimum atomic E-state index is 0.522. The molecule has 7 heteroatoms. The summed E-state index contributed by atoms with van der Waals surface area (Å²) in [5, 5.41) is 3.87. The molecule has 6 nitrogen and oxygen atoms in total. The summed E-state index contributed by atoms with van der Waals surface area (Å²) < 4.78 is 10.7. The van der Waals surface area contributed by atoms with Gasteiger partial charge in [0, 0.05) is 30.4 Å². The summed E-state index contributed by atoms with van der Waals surface area (Å²) in [4.78, 5) is 11.0. The second-order valence-electron chi connectivity index (χ2n) is 5.26. The van der Waals surface area contributed by atoms with E-state index in [2.05, 4.69) is 20.2 Å². The number of hydrogen-bond acceptors (Lipinski definition) is 6. The Morgan fingerprint density at radius 1 is 1.30 bits per heavy atom. The van der Waals surface area contributed by atoms with Crippen LogP contribution in [0, 0.1) is 6.92 Å². The molecular formula is C16H19ClN4O2. The number of anilines is 3. The van der Waals surface area contributed by atoms with Gasteiger partial charge in [-0.2, -0.15) is 4.98 Å². The Balaban J connectivity index is 1.84. The summed E-state index contributed by atoms with van der Waals surface area (Å²) in [7, 11) is 1.61. The summed E-state index contributed by atoms with van der Waals surface area (Å²) in [6.07, 6.45) is 1.75. The number of morpholine rings is 1. The van der Waals surface area contributed by atoms with E-state index in [-0.39, 0.29) is 0 Å². The molecule has 0 unspecified atom stereocenters. The molecule has 0 saturated carbocycles. The van der Waals surface area contributed by atoms with Gasteiger partial charge < -0.3 is 19.7 Å². The molecule has 1 N–H and O–H groups in total. The van der Waals surface area contributed by atoms with Crippen LogP contribution in [0.3, 0.4) is 0 Å². The lowest BCUT2D eigenvalue weighted by molar-refractivity contribution is 0.122. The summed E-state index contributed by atoms with van der Waals surface area (Å²) in [5.41, 5.74) is 1.74. The van der Waals surface area contributed by atoms with Crippen LogP contribution in [-0.4, -0.2) is 43.4 Å². The number of ether oxygens (including phenoxy) is 2. The van der Waals surface area contributed by atoms with Crippen molar-refractivity contribution >= 4 is 29.1 Å². The van der Waals surface area contributed by atoms with Crippen LogP contribution in [0.1, 0.15) is 5.56 Å². The van der Waals surface area contributed by atoms with Gasteiger partial charge in [-0.3, -0.25) is 0 Å². The second-order valence-corrected chi connectivity index (χ2v) is 5.67. The number of aromatic nitrogens is 2. The van der Waals surface area contributed by atoms with Gasteiger partial charge >= 0.3 is 0 Å². The molecule has 0 spiro atoms. The Morgan fingerprint density at radius 2 is 2.09 bits per heavy atom. The highest BCUT2D eigenvalue weighted by Gasteiger charge is 2.14. The van der Waals surface area contributed by atoms with Crippen molar-refractivity contribution in [2.45, 2.75) is 6.92 Å². The standard InChI is InChI=1S/C16H19ClN4O2/c1-11-9-13(14(22-2)10-12(11)17)19-16-18-4-3-15(20-16)21-5-7-23-8-6-21/h3-4,9-10H,5-8H2,1-2H3,(H,18,19,20). The predicted molar refractivity (Wildman–Crippen MR) is 91.1 cm³/mol. The average Bonchev–Trinajstić information content (AvgIpc) is 2.59. The smallest absolute Gasteiger partial charge is 0.229 e. The normalized spacial score (nSPS) is 14.7. The van der Waals surface area contributed by atoms with Gasteiger partial charge in [-0.15, -0.1) is 0 Å². The molecule has 3 rings (SSSR count). The van der Waals surface area contributed by atoms with Crippen molar-refractivity contribution in [3.8, 4) is 5.75 Å². The molecule has 0 radical (unpaired) electrons. The van der Waals surface area contributed by atoms with Crippen molar-refractivity contribution in [3.63, 3.8) is 0 Å². The lowest BCUT2D eigenvalue weighted by atomic mass is 10.2. The fourth-order valence-electron chi connectivity index (χ4n) is 2.43. The van der Waals surface area contributed by atoms with Gasteiger partial charge in [-0.05, 0) is 24.6 Å². The quantitative estimate of drug-likeness (QED) is 0.927. The Bertz CT molecular complexity index is 690. The maximum absolute atomic E-state index is 6.14. The second kappa shape index (κ2) is 7.02. The van der Waals surface area contributed by atoms with Crippen molar-refractivity contribution < 1.29 is 9.47 Å². The molecular weight excluding hydrogens is 316 g/mol. The number of halogens is 1. The minimum Gasteiger partial charge on any atom is -0.495 e. The van der Waals surface area contributed by atoms with Crippen molar-refractivity contribution in [1.29, 1.82) is 0 Å². The molecule has 1 aromatic carbocycles. The monoisotopic (exact) mass is 334 g/mol. The van der Waals surface area contributed by atoms with E-state index in [4.69, 9.17) is 21.1 Å².